The largest absolute Gasteiger partial charge is 0.466 e. The normalized spacial score (nSPS) is 17.2. The molecule has 3 rings (SSSR count). The van der Waals surface area contributed by atoms with E-state index in [4.69, 9.17) is 4.74 Å². The lowest BCUT2D eigenvalue weighted by atomic mass is 9.80. The quantitative estimate of drug-likeness (QED) is 0.174. The lowest BCUT2D eigenvalue weighted by molar-refractivity contribution is -0.145. The van der Waals surface area contributed by atoms with Gasteiger partial charge in [0, 0.05) is 51.9 Å². The first-order chi connectivity index (χ1) is 22.2. The zero-order valence-corrected chi connectivity index (χ0v) is 27.0. The first-order valence-electron chi connectivity index (χ1n) is 15.4. The summed E-state index contributed by atoms with van der Waals surface area (Å²) in [6, 6.07) is 0.859. The van der Waals surface area contributed by atoms with E-state index >= 15 is 0 Å². The standard InChI is InChI=1S/C32H39F9N4O3/c1-5-44(17-21-9-7-20(8-10-21)13-27(46)48-6-2)28-23(14-26(16-42-28)32(39,40)41)19-45(29(47)43(3)4)18-22-11-24(30(33,34)35)15-25(12-22)31(36,37)38/h11-12,14-16,20-21H,5-10,13,17-19H2,1-4H3/t20-,21-. The molecule has 0 spiro atoms. The minimum absolute atomic E-state index is 0.0418. The molecule has 268 valence electrons. The highest BCUT2D eigenvalue weighted by Gasteiger charge is 2.38. The van der Waals surface area contributed by atoms with Crippen LogP contribution in [0.5, 0.6) is 0 Å². The maximum atomic E-state index is 13.8. The molecule has 1 aliphatic rings. The van der Waals surface area contributed by atoms with E-state index in [1.165, 1.54) is 14.1 Å². The minimum atomic E-state index is -5.13. The molecule has 1 fully saturated rings. The van der Waals surface area contributed by atoms with Crippen LogP contribution in [0, 0.1) is 11.8 Å². The molecule has 0 atom stereocenters. The number of nitrogens with zero attached hydrogens (tertiary/aromatic N) is 4. The number of rotatable bonds is 11. The number of pyridine rings is 1. The fourth-order valence-corrected chi connectivity index (χ4v) is 5.82. The number of ether oxygens (including phenoxy) is 1. The van der Waals surface area contributed by atoms with Gasteiger partial charge in [-0.1, -0.05) is 0 Å². The fraction of sp³-hybridized carbons (Fsp3) is 0.594. The summed E-state index contributed by atoms with van der Waals surface area (Å²) in [5.74, 6) is 0.0854. The zero-order chi connectivity index (χ0) is 36.0. The van der Waals surface area contributed by atoms with Gasteiger partial charge in [0.15, 0.2) is 0 Å². The number of hydrogen-bond acceptors (Lipinski definition) is 5. The molecule has 0 aliphatic heterocycles. The van der Waals surface area contributed by atoms with Gasteiger partial charge in [-0.15, -0.1) is 0 Å². The van der Waals surface area contributed by atoms with Gasteiger partial charge in [-0.2, -0.15) is 39.5 Å². The number of benzene rings is 1. The molecule has 1 saturated carbocycles. The molecule has 1 aromatic heterocycles. The Kier molecular flexibility index (Phi) is 12.6. The Bertz CT molecular complexity index is 1370. The van der Waals surface area contributed by atoms with E-state index in [1.807, 2.05) is 0 Å². The van der Waals surface area contributed by atoms with Crippen LogP contribution in [-0.4, -0.2) is 60.6 Å². The number of amides is 2. The molecule has 7 nitrogen and oxygen atoms in total. The van der Waals surface area contributed by atoms with Crippen LogP contribution in [0.1, 0.15) is 73.8 Å². The van der Waals surface area contributed by atoms with E-state index in [2.05, 4.69) is 4.98 Å². The summed E-state index contributed by atoms with van der Waals surface area (Å²) in [6.07, 6.45) is -11.2. The second kappa shape index (κ2) is 15.7. The van der Waals surface area contributed by atoms with E-state index < -0.39 is 59.9 Å². The van der Waals surface area contributed by atoms with Crippen molar-refractivity contribution in [1.82, 2.24) is 14.8 Å². The highest BCUT2D eigenvalue weighted by atomic mass is 19.4. The number of hydrogen-bond donors (Lipinski definition) is 0. The monoisotopic (exact) mass is 698 g/mol. The van der Waals surface area contributed by atoms with Gasteiger partial charge in [-0.25, -0.2) is 9.78 Å². The molecule has 2 amide bonds. The molecule has 2 aromatic rings. The summed E-state index contributed by atoms with van der Waals surface area (Å²) in [5.41, 5.74) is -4.89. The third-order valence-electron chi connectivity index (χ3n) is 8.19. The summed E-state index contributed by atoms with van der Waals surface area (Å²) in [6.45, 7) is 3.10. The zero-order valence-electron chi connectivity index (χ0n) is 27.0. The molecular formula is C32H39F9N4O3. The predicted molar refractivity (Wildman–Crippen MR) is 159 cm³/mol. The average molecular weight is 699 g/mol. The van der Waals surface area contributed by atoms with Crippen LogP contribution in [0.2, 0.25) is 0 Å². The smallest absolute Gasteiger partial charge is 0.417 e. The van der Waals surface area contributed by atoms with Crippen molar-refractivity contribution in [3.05, 3.63) is 58.3 Å². The van der Waals surface area contributed by atoms with Crippen LogP contribution in [-0.2, 0) is 41.1 Å². The van der Waals surface area contributed by atoms with Gasteiger partial charge >= 0.3 is 30.5 Å². The van der Waals surface area contributed by atoms with Gasteiger partial charge in [0.25, 0.3) is 0 Å². The SMILES string of the molecule is CCOC(=O)C[C@H]1CC[C@H](CN(CC)c2ncc(C(F)(F)F)cc2CN(Cc2cc(C(F)(F)F)cc(C(F)(F)F)c2)C(=O)N(C)C)CC1. The predicted octanol–water partition coefficient (Wildman–Crippen LogP) is 8.41. The topological polar surface area (TPSA) is 66.0 Å². The number of anilines is 1. The Morgan fingerprint density at radius 3 is 1.81 bits per heavy atom. The molecule has 0 saturated heterocycles. The molecular weight excluding hydrogens is 659 g/mol. The van der Waals surface area contributed by atoms with Crippen LogP contribution >= 0.6 is 0 Å². The van der Waals surface area contributed by atoms with Crippen LogP contribution in [0.15, 0.2) is 30.5 Å². The molecule has 0 unspecified atom stereocenters. The van der Waals surface area contributed by atoms with Gasteiger partial charge in [0.2, 0.25) is 0 Å². The molecule has 0 N–H and O–H groups in total. The van der Waals surface area contributed by atoms with Crippen molar-refractivity contribution < 1.29 is 53.8 Å². The number of aromatic nitrogens is 1. The first kappa shape index (κ1) is 38.7. The highest BCUT2D eigenvalue weighted by Crippen LogP contribution is 2.38. The van der Waals surface area contributed by atoms with Gasteiger partial charge in [-0.3, -0.25) is 4.79 Å². The van der Waals surface area contributed by atoms with Crippen LogP contribution in [0.3, 0.4) is 0 Å². The molecule has 48 heavy (non-hydrogen) atoms. The number of urea groups is 1. The molecule has 1 aromatic carbocycles. The van der Waals surface area contributed by atoms with E-state index in [9.17, 15) is 49.1 Å². The fourth-order valence-electron chi connectivity index (χ4n) is 5.82. The summed E-state index contributed by atoms with van der Waals surface area (Å²) >= 11 is 0. The van der Waals surface area contributed by atoms with Crippen molar-refractivity contribution in [3.63, 3.8) is 0 Å². The van der Waals surface area contributed by atoms with Crippen LogP contribution in [0.4, 0.5) is 50.1 Å². The third kappa shape index (κ3) is 10.6. The summed E-state index contributed by atoms with van der Waals surface area (Å²) in [4.78, 5) is 32.9. The van der Waals surface area contributed by atoms with Crippen molar-refractivity contribution in [3.8, 4) is 0 Å². The summed E-state index contributed by atoms with van der Waals surface area (Å²) in [7, 11) is 2.59. The Hall–Kier alpha value is -3.72. The van der Waals surface area contributed by atoms with Gasteiger partial charge in [0.05, 0.1) is 29.8 Å². The van der Waals surface area contributed by atoms with E-state index in [0.29, 0.717) is 37.8 Å². The van der Waals surface area contributed by atoms with Crippen molar-refractivity contribution in [2.24, 2.45) is 11.8 Å². The molecule has 0 radical (unpaired) electrons. The van der Waals surface area contributed by atoms with Crippen molar-refractivity contribution in [2.75, 3.05) is 38.7 Å². The number of halogens is 9. The number of esters is 1. The second-order valence-corrected chi connectivity index (χ2v) is 12.1. The van der Waals surface area contributed by atoms with E-state index in [-0.39, 0.29) is 41.9 Å². The lowest BCUT2D eigenvalue weighted by Gasteiger charge is -2.34. The summed E-state index contributed by atoms with van der Waals surface area (Å²) in [5, 5.41) is 0. The first-order valence-corrected chi connectivity index (χ1v) is 15.4. The van der Waals surface area contributed by atoms with Gasteiger partial charge < -0.3 is 19.4 Å². The third-order valence-corrected chi connectivity index (χ3v) is 8.19. The van der Waals surface area contributed by atoms with Crippen LogP contribution < -0.4 is 4.90 Å². The number of carbonyl (C=O) groups is 2. The van der Waals surface area contributed by atoms with Gasteiger partial charge in [0.1, 0.15) is 5.82 Å². The Labute approximate surface area is 273 Å². The molecule has 0 bridgehead atoms. The Morgan fingerprint density at radius 1 is 0.792 bits per heavy atom. The molecule has 1 heterocycles. The number of alkyl halides is 9. The van der Waals surface area contributed by atoms with E-state index in [0.717, 1.165) is 41.5 Å². The van der Waals surface area contributed by atoms with Crippen molar-refractivity contribution in [1.29, 1.82) is 0 Å². The molecule has 1 aliphatic carbocycles. The van der Waals surface area contributed by atoms with Crippen molar-refractivity contribution >= 4 is 17.8 Å². The van der Waals surface area contributed by atoms with E-state index in [1.54, 1.807) is 18.7 Å². The van der Waals surface area contributed by atoms with Crippen LogP contribution in [0.25, 0.3) is 0 Å². The second-order valence-electron chi connectivity index (χ2n) is 12.1. The minimum Gasteiger partial charge on any atom is -0.466 e. The Balaban J connectivity index is 1.97. The van der Waals surface area contributed by atoms with Crippen molar-refractivity contribution in [2.45, 2.75) is 77.6 Å². The maximum absolute atomic E-state index is 13.8. The highest BCUT2D eigenvalue weighted by molar-refractivity contribution is 5.74. The number of carbonyl (C=O) groups excluding carboxylic acids is 2. The van der Waals surface area contributed by atoms with Gasteiger partial charge in [-0.05, 0) is 81.2 Å². The maximum Gasteiger partial charge on any atom is 0.417 e. The molecule has 16 heteroatoms. The Morgan fingerprint density at radius 2 is 1.33 bits per heavy atom. The average Bonchev–Trinajstić information content (AvgIpc) is 2.98. The lowest BCUT2D eigenvalue weighted by Crippen LogP contribution is -2.39. The summed E-state index contributed by atoms with van der Waals surface area (Å²) < 4.78 is 128.